The summed E-state index contributed by atoms with van der Waals surface area (Å²) in [7, 11) is 0. The number of rotatable bonds is 1. The van der Waals surface area contributed by atoms with Gasteiger partial charge in [0.2, 0.25) is 0 Å². The summed E-state index contributed by atoms with van der Waals surface area (Å²) in [6.45, 7) is 0. The molecule has 1 aliphatic rings. The standard InChI is InChI=1S/C8H10N2OS/c9-10-8(11)7-4-5-2-1-3-6(5)12-7/h4H,1-3,9H2,(H,10,11). The van der Waals surface area contributed by atoms with Gasteiger partial charge in [-0.3, -0.25) is 10.2 Å². The molecule has 1 aromatic heterocycles. The molecule has 1 aromatic rings. The van der Waals surface area contributed by atoms with Gasteiger partial charge >= 0.3 is 0 Å². The molecule has 0 fully saturated rings. The molecule has 0 saturated carbocycles. The Morgan fingerprint density at radius 3 is 3.08 bits per heavy atom. The molecule has 0 aromatic carbocycles. The third-order valence-corrected chi connectivity index (χ3v) is 3.34. The average molecular weight is 182 g/mol. The monoisotopic (exact) mass is 182 g/mol. The number of nitrogens with one attached hydrogen (secondary N) is 1. The van der Waals surface area contributed by atoms with Crippen LogP contribution >= 0.6 is 11.3 Å². The van der Waals surface area contributed by atoms with E-state index in [0.29, 0.717) is 0 Å². The maximum atomic E-state index is 11.1. The predicted molar refractivity (Wildman–Crippen MR) is 48.0 cm³/mol. The summed E-state index contributed by atoms with van der Waals surface area (Å²) in [4.78, 5) is 13.2. The molecule has 0 bridgehead atoms. The molecule has 1 amide bonds. The SMILES string of the molecule is NNC(=O)c1cc2c(s1)CCC2. The van der Waals surface area contributed by atoms with Gasteiger partial charge < -0.3 is 0 Å². The van der Waals surface area contributed by atoms with Crippen LogP contribution in [0.2, 0.25) is 0 Å². The number of nitrogen functional groups attached to an aromatic ring is 1. The van der Waals surface area contributed by atoms with Crippen LogP contribution in [-0.2, 0) is 12.8 Å². The first kappa shape index (κ1) is 7.76. The van der Waals surface area contributed by atoms with Crippen LogP contribution in [0.3, 0.4) is 0 Å². The summed E-state index contributed by atoms with van der Waals surface area (Å²) < 4.78 is 0. The molecule has 0 unspecified atom stereocenters. The lowest BCUT2D eigenvalue weighted by molar-refractivity contribution is 0.0957. The van der Waals surface area contributed by atoms with E-state index in [1.54, 1.807) is 11.3 Å². The number of hydrogen-bond donors (Lipinski definition) is 2. The number of hydrogen-bond acceptors (Lipinski definition) is 3. The molecule has 4 heteroatoms. The zero-order chi connectivity index (χ0) is 8.55. The number of hydrazine groups is 1. The van der Waals surface area contributed by atoms with E-state index in [9.17, 15) is 4.79 Å². The van der Waals surface area contributed by atoms with Gasteiger partial charge in [-0.2, -0.15) is 0 Å². The molecule has 0 radical (unpaired) electrons. The normalized spacial score (nSPS) is 14.4. The van der Waals surface area contributed by atoms with Gasteiger partial charge in [-0.15, -0.1) is 11.3 Å². The number of carbonyl (C=O) groups excluding carboxylic acids is 1. The van der Waals surface area contributed by atoms with Crippen molar-refractivity contribution in [3.63, 3.8) is 0 Å². The van der Waals surface area contributed by atoms with Crippen molar-refractivity contribution in [1.82, 2.24) is 5.43 Å². The quantitative estimate of drug-likeness (QED) is 0.384. The summed E-state index contributed by atoms with van der Waals surface area (Å²) in [5.74, 6) is 4.86. The summed E-state index contributed by atoms with van der Waals surface area (Å²) in [5, 5.41) is 0. The van der Waals surface area contributed by atoms with Gasteiger partial charge in [0.15, 0.2) is 0 Å². The zero-order valence-corrected chi connectivity index (χ0v) is 7.41. The van der Waals surface area contributed by atoms with E-state index in [2.05, 4.69) is 5.43 Å². The molecule has 1 heterocycles. The summed E-state index contributed by atoms with van der Waals surface area (Å²) >= 11 is 1.56. The lowest BCUT2D eigenvalue weighted by Gasteiger charge is -1.92. The van der Waals surface area contributed by atoms with Gasteiger partial charge in [-0.25, -0.2) is 5.84 Å². The van der Waals surface area contributed by atoms with Crippen molar-refractivity contribution in [2.24, 2.45) is 5.84 Å². The molecular weight excluding hydrogens is 172 g/mol. The van der Waals surface area contributed by atoms with E-state index in [1.807, 2.05) is 6.07 Å². The highest BCUT2D eigenvalue weighted by atomic mass is 32.1. The topological polar surface area (TPSA) is 55.1 Å². The van der Waals surface area contributed by atoms with Gasteiger partial charge in [0, 0.05) is 4.88 Å². The third-order valence-electron chi connectivity index (χ3n) is 2.10. The Bertz CT molecular complexity index is 297. The summed E-state index contributed by atoms with van der Waals surface area (Å²) in [5.41, 5.74) is 3.47. The molecule has 0 saturated heterocycles. The molecule has 0 spiro atoms. The molecule has 0 atom stereocenters. The average Bonchev–Trinajstić information content (AvgIpc) is 2.60. The van der Waals surface area contributed by atoms with Crippen molar-refractivity contribution in [3.8, 4) is 0 Å². The molecule has 3 N–H and O–H groups in total. The number of thiophene rings is 1. The van der Waals surface area contributed by atoms with Gasteiger partial charge in [-0.05, 0) is 30.9 Å². The minimum absolute atomic E-state index is 0.172. The molecule has 64 valence electrons. The fraction of sp³-hybridized carbons (Fsp3) is 0.375. The van der Waals surface area contributed by atoms with Crippen molar-refractivity contribution in [2.45, 2.75) is 19.3 Å². The number of fused-ring (bicyclic) bond motifs is 1. The second kappa shape index (κ2) is 2.88. The van der Waals surface area contributed by atoms with E-state index in [4.69, 9.17) is 5.84 Å². The van der Waals surface area contributed by atoms with Gasteiger partial charge in [-0.1, -0.05) is 0 Å². The highest BCUT2D eigenvalue weighted by molar-refractivity contribution is 7.14. The number of amides is 1. The van der Waals surface area contributed by atoms with Crippen LogP contribution in [-0.4, -0.2) is 5.91 Å². The molecular formula is C8H10N2OS. The maximum Gasteiger partial charge on any atom is 0.275 e. The molecule has 12 heavy (non-hydrogen) atoms. The first-order valence-electron chi connectivity index (χ1n) is 3.94. The number of aryl methyl sites for hydroxylation is 2. The van der Waals surface area contributed by atoms with Gasteiger partial charge in [0.25, 0.3) is 5.91 Å². The van der Waals surface area contributed by atoms with E-state index < -0.39 is 0 Å². The minimum Gasteiger partial charge on any atom is -0.289 e. The van der Waals surface area contributed by atoms with Crippen molar-refractivity contribution < 1.29 is 4.79 Å². The minimum atomic E-state index is -0.172. The van der Waals surface area contributed by atoms with Crippen molar-refractivity contribution in [1.29, 1.82) is 0 Å². The van der Waals surface area contributed by atoms with Crippen molar-refractivity contribution in [3.05, 3.63) is 21.4 Å². The largest absolute Gasteiger partial charge is 0.289 e. The van der Waals surface area contributed by atoms with Crippen LogP contribution in [0, 0.1) is 0 Å². The van der Waals surface area contributed by atoms with Crippen LogP contribution in [0.4, 0.5) is 0 Å². The van der Waals surface area contributed by atoms with Crippen LogP contribution in [0.15, 0.2) is 6.07 Å². The first-order chi connectivity index (χ1) is 5.81. The van der Waals surface area contributed by atoms with Crippen LogP contribution < -0.4 is 11.3 Å². The van der Waals surface area contributed by atoms with Crippen LogP contribution in [0.5, 0.6) is 0 Å². The predicted octanol–water partition coefficient (Wildman–Crippen LogP) is 0.840. The Labute approximate surface area is 74.5 Å². The molecule has 2 rings (SSSR count). The maximum absolute atomic E-state index is 11.1. The Morgan fingerprint density at radius 2 is 2.42 bits per heavy atom. The Kier molecular flexibility index (Phi) is 1.86. The Morgan fingerprint density at radius 1 is 1.58 bits per heavy atom. The van der Waals surface area contributed by atoms with E-state index in [0.717, 1.165) is 17.7 Å². The lowest BCUT2D eigenvalue weighted by atomic mass is 10.2. The Balaban J connectivity index is 2.31. The van der Waals surface area contributed by atoms with E-state index in [-0.39, 0.29) is 5.91 Å². The van der Waals surface area contributed by atoms with Gasteiger partial charge in [0.1, 0.15) is 0 Å². The number of nitrogens with two attached hydrogens (primary N) is 1. The van der Waals surface area contributed by atoms with Crippen LogP contribution in [0.25, 0.3) is 0 Å². The van der Waals surface area contributed by atoms with Gasteiger partial charge in [0.05, 0.1) is 4.88 Å². The molecule has 0 aliphatic heterocycles. The van der Waals surface area contributed by atoms with Crippen molar-refractivity contribution >= 4 is 17.2 Å². The molecule has 3 nitrogen and oxygen atoms in total. The third kappa shape index (κ3) is 1.13. The van der Waals surface area contributed by atoms with Crippen LogP contribution in [0.1, 0.15) is 26.5 Å². The smallest absolute Gasteiger partial charge is 0.275 e. The number of carbonyl (C=O) groups is 1. The highest BCUT2D eigenvalue weighted by Gasteiger charge is 2.17. The second-order valence-electron chi connectivity index (χ2n) is 2.89. The fourth-order valence-corrected chi connectivity index (χ4v) is 2.67. The van der Waals surface area contributed by atoms with Crippen molar-refractivity contribution in [2.75, 3.05) is 0 Å². The Hall–Kier alpha value is -0.870. The fourth-order valence-electron chi connectivity index (χ4n) is 1.51. The first-order valence-corrected chi connectivity index (χ1v) is 4.75. The summed E-state index contributed by atoms with van der Waals surface area (Å²) in [6.07, 6.45) is 3.47. The van der Waals surface area contributed by atoms with E-state index in [1.165, 1.54) is 16.9 Å². The highest BCUT2D eigenvalue weighted by Crippen LogP contribution is 2.30. The van der Waals surface area contributed by atoms with E-state index >= 15 is 0 Å². The molecule has 1 aliphatic carbocycles. The second-order valence-corrected chi connectivity index (χ2v) is 4.02. The lowest BCUT2D eigenvalue weighted by Crippen LogP contribution is -2.29. The summed E-state index contributed by atoms with van der Waals surface area (Å²) in [6, 6.07) is 1.95. The zero-order valence-electron chi connectivity index (χ0n) is 6.59.